The summed E-state index contributed by atoms with van der Waals surface area (Å²) in [6, 6.07) is 14.0. The van der Waals surface area contributed by atoms with Crippen LogP contribution < -0.4 is 10.5 Å². The first-order chi connectivity index (χ1) is 16.1. The number of esters is 1. The highest BCUT2D eigenvalue weighted by molar-refractivity contribution is 5.78. The van der Waals surface area contributed by atoms with Crippen LogP contribution in [-0.4, -0.2) is 43.0 Å². The molecule has 2 N–H and O–H groups in total. The number of nitrogen functional groups attached to an aromatic ring is 1. The smallest absolute Gasteiger partial charge is 0.311 e. The van der Waals surface area contributed by atoms with E-state index in [1.807, 2.05) is 0 Å². The Labute approximate surface area is 186 Å². The van der Waals surface area contributed by atoms with Gasteiger partial charge in [0.25, 0.3) is 0 Å². The number of methoxy groups -OCH3 is 1. The number of carbonyl (C=O) groups is 1. The van der Waals surface area contributed by atoms with Crippen LogP contribution in [0, 0.1) is 0 Å². The molecule has 0 fully saturated rings. The molecular weight excluding hydrogens is 426 g/mol. The van der Waals surface area contributed by atoms with Crippen LogP contribution in [0.15, 0.2) is 65.4 Å². The van der Waals surface area contributed by atoms with E-state index in [0.29, 0.717) is 45.5 Å². The van der Waals surface area contributed by atoms with Crippen molar-refractivity contribution in [3.8, 4) is 28.8 Å². The van der Waals surface area contributed by atoms with E-state index in [2.05, 4.69) is 25.3 Å². The van der Waals surface area contributed by atoms with Crippen LogP contribution in [0.2, 0.25) is 0 Å². The van der Waals surface area contributed by atoms with Crippen LogP contribution in [0.25, 0.3) is 28.3 Å². The van der Waals surface area contributed by atoms with Gasteiger partial charge in [0.2, 0.25) is 5.95 Å². The van der Waals surface area contributed by atoms with Gasteiger partial charge in [-0.3, -0.25) is 9.78 Å². The average molecular weight is 443 g/mol. The molecule has 11 heteroatoms. The van der Waals surface area contributed by atoms with Crippen molar-refractivity contribution in [2.75, 3.05) is 12.8 Å². The number of furan rings is 1. The molecule has 0 amide bonds. The largest absolute Gasteiger partial charge is 0.469 e. The number of aromatic nitrogens is 6. The Balaban J connectivity index is 1.47. The summed E-state index contributed by atoms with van der Waals surface area (Å²) in [4.78, 5) is 24.4. The summed E-state index contributed by atoms with van der Waals surface area (Å²) in [6.45, 7) is 0. The number of pyridine rings is 1. The van der Waals surface area contributed by atoms with Crippen molar-refractivity contribution >= 4 is 23.0 Å². The quantitative estimate of drug-likeness (QED) is 0.389. The van der Waals surface area contributed by atoms with Gasteiger partial charge < -0.3 is 19.6 Å². The van der Waals surface area contributed by atoms with Crippen molar-refractivity contribution in [2.45, 2.75) is 6.42 Å². The highest BCUT2D eigenvalue weighted by Gasteiger charge is 2.15. The van der Waals surface area contributed by atoms with Gasteiger partial charge in [-0.2, -0.15) is 9.67 Å². The van der Waals surface area contributed by atoms with E-state index in [1.54, 1.807) is 65.7 Å². The molecule has 0 bridgehead atoms. The van der Waals surface area contributed by atoms with Gasteiger partial charge in [0.1, 0.15) is 22.7 Å². The third-order valence-corrected chi connectivity index (χ3v) is 4.75. The van der Waals surface area contributed by atoms with Gasteiger partial charge in [-0.15, -0.1) is 5.10 Å². The van der Waals surface area contributed by atoms with Crippen LogP contribution in [0.1, 0.15) is 5.69 Å². The third-order valence-electron chi connectivity index (χ3n) is 4.75. The topological polar surface area (TPSA) is 144 Å². The van der Waals surface area contributed by atoms with Gasteiger partial charge in [-0.25, -0.2) is 4.98 Å². The first-order valence-electron chi connectivity index (χ1n) is 9.83. The third kappa shape index (κ3) is 4.06. The summed E-state index contributed by atoms with van der Waals surface area (Å²) in [5.74, 6) is 1.63. The molecule has 164 valence electrons. The zero-order valence-electron chi connectivity index (χ0n) is 17.4. The molecule has 0 atom stereocenters. The predicted molar refractivity (Wildman–Crippen MR) is 117 cm³/mol. The molecule has 0 radical (unpaired) electrons. The summed E-state index contributed by atoms with van der Waals surface area (Å²) in [5, 5.41) is 8.43. The van der Waals surface area contributed by atoms with Gasteiger partial charge in [-0.05, 0) is 36.4 Å². The predicted octanol–water partition coefficient (Wildman–Crippen LogP) is 2.96. The molecule has 0 aliphatic heterocycles. The lowest BCUT2D eigenvalue weighted by molar-refractivity contribution is -0.139. The number of nitrogens with zero attached hydrogens (tertiary/aromatic N) is 6. The zero-order chi connectivity index (χ0) is 22.8. The highest BCUT2D eigenvalue weighted by atomic mass is 16.5. The number of hydrogen-bond donors (Lipinski definition) is 1. The van der Waals surface area contributed by atoms with E-state index in [0.717, 1.165) is 0 Å². The fourth-order valence-corrected chi connectivity index (χ4v) is 3.23. The summed E-state index contributed by atoms with van der Waals surface area (Å²) in [5.41, 5.74) is 8.16. The van der Waals surface area contributed by atoms with Crippen LogP contribution in [0.4, 0.5) is 5.95 Å². The second-order valence-electron chi connectivity index (χ2n) is 6.90. The standard InChI is InChI=1S/C22H17N7O4/c1-31-21(30)12-15-19(4-2-8-24-15)33-13-6-7-17-14(10-13)27-28-29(17)20-11-16(25-22(23)26-20)18-5-3-9-32-18/h2-11H,12H2,1H3,(H2,23,25,26). The number of carbonyl (C=O) groups excluding carboxylic acids is 1. The normalized spacial score (nSPS) is 10.9. The molecule has 0 aliphatic rings. The van der Waals surface area contributed by atoms with Crippen LogP contribution >= 0.6 is 0 Å². The van der Waals surface area contributed by atoms with E-state index < -0.39 is 5.97 Å². The van der Waals surface area contributed by atoms with Gasteiger partial charge in [0.15, 0.2) is 11.6 Å². The molecular formula is C22H17N7O4. The Morgan fingerprint density at radius 3 is 2.88 bits per heavy atom. The zero-order valence-corrected chi connectivity index (χ0v) is 17.4. The highest BCUT2D eigenvalue weighted by Crippen LogP contribution is 2.28. The summed E-state index contributed by atoms with van der Waals surface area (Å²) in [7, 11) is 1.33. The Morgan fingerprint density at radius 2 is 2.06 bits per heavy atom. The number of fused-ring (bicyclic) bond motifs is 1. The number of benzene rings is 1. The second-order valence-corrected chi connectivity index (χ2v) is 6.90. The van der Waals surface area contributed by atoms with Crippen LogP contribution in [0.3, 0.4) is 0 Å². The maximum atomic E-state index is 11.7. The minimum absolute atomic E-state index is 0.00175. The van der Waals surface area contributed by atoms with Crippen molar-refractivity contribution < 1.29 is 18.7 Å². The number of ether oxygens (including phenoxy) is 2. The Bertz CT molecular complexity index is 1450. The lowest BCUT2D eigenvalue weighted by Gasteiger charge is -2.10. The number of nitrogens with two attached hydrogens (primary N) is 1. The minimum Gasteiger partial charge on any atom is -0.469 e. The van der Waals surface area contributed by atoms with Crippen LogP contribution in [-0.2, 0) is 16.0 Å². The Kier molecular flexibility index (Phi) is 5.11. The van der Waals surface area contributed by atoms with Crippen molar-refractivity contribution in [2.24, 2.45) is 0 Å². The molecule has 11 nitrogen and oxygen atoms in total. The first kappa shape index (κ1) is 20.1. The molecule has 0 saturated carbocycles. The summed E-state index contributed by atoms with van der Waals surface area (Å²) < 4.78 is 17.6. The Morgan fingerprint density at radius 1 is 1.15 bits per heavy atom. The monoisotopic (exact) mass is 443 g/mol. The fraction of sp³-hybridized carbons (Fsp3) is 0.0909. The van der Waals surface area contributed by atoms with E-state index in [4.69, 9.17) is 19.6 Å². The van der Waals surface area contributed by atoms with E-state index >= 15 is 0 Å². The molecule has 0 aliphatic carbocycles. The molecule has 0 unspecified atom stereocenters. The fourth-order valence-electron chi connectivity index (χ4n) is 3.23. The van der Waals surface area contributed by atoms with Crippen molar-refractivity contribution in [1.29, 1.82) is 0 Å². The van der Waals surface area contributed by atoms with Crippen molar-refractivity contribution in [3.05, 3.63) is 66.7 Å². The SMILES string of the molecule is COC(=O)Cc1ncccc1Oc1ccc2c(c1)nnn2-c1cc(-c2ccco2)nc(N)n1. The first-order valence-corrected chi connectivity index (χ1v) is 9.83. The van der Waals surface area contributed by atoms with Crippen LogP contribution in [0.5, 0.6) is 11.5 Å². The molecule has 4 aromatic heterocycles. The van der Waals surface area contributed by atoms with Gasteiger partial charge in [-0.1, -0.05) is 5.21 Å². The molecule has 33 heavy (non-hydrogen) atoms. The van der Waals surface area contributed by atoms with Gasteiger partial charge >= 0.3 is 5.97 Å². The van der Waals surface area contributed by atoms with Gasteiger partial charge in [0.05, 0.1) is 31.0 Å². The Hall–Kier alpha value is -4.80. The number of hydrogen-bond acceptors (Lipinski definition) is 10. The van der Waals surface area contributed by atoms with Gasteiger partial charge in [0, 0.05) is 18.3 Å². The van der Waals surface area contributed by atoms with Crippen molar-refractivity contribution in [1.82, 2.24) is 29.9 Å². The van der Waals surface area contributed by atoms with E-state index in [1.165, 1.54) is 7.11 Å². The summed E-state index contributed by atoms with van der Waals surface area (Å²) >= 11 is 0. The lowest BCUT2D eigenvalue weighted by Crippen LogP contribution is -2.07. The molecule has 0 saturated heterocycles. The summed E-state index contributed by atoms with van der Waals surface area (Å²) in [6.07, 6.45) is 3.14. The van der Waals surface area contributed by atoms with Crippen molar-refractivity contribution in [3.63, 3.8) is 0 Å². The molecule has 5 rings (SSSR count). The number of rotatable bonds is 6. The minimum atomic E-state index is -0.407. The molecule has 4 heterocycles. The maximum absolute atomic E-state index is 11.7. The number of anilines is 1. The lowest BCUT2D eigenvalue weighted by atomic mass is 10.2. The average Bonchev–Trinajstić information content (AvgIpc) is 3.50. The van der Waals surface area contributed by atoms with E-state index in [9.17, 15) is 4.79 Å². The van der Waals surface area contributed by atoms with E-state index in [-0.39, 0.29) is 12.4 Å². The molecule has 0 spiro atoms. The molecule has 1 aromatic carbocycles. The second kappa shape index (κ2) is 8.38. The molecule has 5 aromatic rings. The maximum Gasteiger partial charge on any atom is 0.311 e.